The van der Waals surface area contributed by atoms with E-state index in [2.05, 4.69) is 0 Å². The van der Waals surface area contributed by atoms with Crippen LogP contribution in [0.4, 0.5) is 13.2 Å². The highest BCUT2D eigenvalue weighted by Gasteiger charge is 2.30. The number of amides is 1. The van der Waals surface area contributed by atoms with Crippen LogP contribution >= 0.6 is 0 Å². The van der Waals surface area contributed by atoms with Crippen molar-refractivity contribution in [2.75, 3.05) is 39.3 Å². The van der Waals surface area contributed by atoms with E-state index in [0.29, 0.717) is 0 Å². The first kappa shape index (κ1) is 18.7. The number of carbonyl (C=O) groups is 1. The highest BCUT2D eigenvalue weighted by Crippen LogP contribution is 2.17. The molecule has 24 heavy (non-hydrogen) atoms. The van der Waals surface area contributed by atoms with Gasteiger partial charge in [-0.2, -0.15) is 17.5 Å². The van der Waals surface area contributed by atoms with E-state index in [1.807, 2.05) is 0 Å². The number of sulfonamides is 1. The summed E-state index contributed by atoms with van der Waals surface area (Å²) in [5.41, 5.74) is 0. The van der Waals surface area contributed by atoms with Crippen molar-refractivity contribution in [3.63, 3.8) is 0 Å². The number of halogens is 3. The Hall–Kier alpha value is -1.65. The molecule has 2 rings (SSSR count). The molecule has 1 heterocycles. The van der Waals surface area contributed by atoms with Crippen LogP contribution in [0.5, 0.6) is 0 Å². The van der Waals surface area contributed by atoms with Crippen molar-refractivity contribution in [1.82, 2.24) is 14.5 Å². The minimum absolute atomic E-state index is 0.184. The zero-order valence-electron chi connectivity index (χ0n) is 12.8. The lowest BCUT2D eigenvalue weighted by Crippen LogP contribution is -2.51. The third-order valence-corrected chi connectivity index (χ3v) is 5.48. The van der Waals surface area contributed by atoms with Gasteiger partial charge in [0.05, 0.1) is 11.4 Å². The summed E-state index contributed by atoms with van der Waals surface area (Å²) >= 11 is 0. The molecule has 1 fully saturated rings. The Labute approximate surface area is 138 Å². The van der Waals surface area contributed by atoms with Gasteiger partial charge in [-0.25, -0.2) is 8.42 Å². The van der Waals surface area contributed by atoms with E-state index < -0.39 is 28.7 Å². The van der Waals surface area contributed by atoms with Crippen LogP contribution in [0, 0.1) is 0 Å². The predicted octanol–water partition coefficient (Wildman–Crippen LogP) is 0.671. The molecule has 1 aliphatic heterocycles. The second-order valence-corrected chi connectivity index (χ2v) is 7.32. The lowest BCUT2D eigenvalue weighted by molar-refractivity contribution is -0.139. The van der Waals surface area contributed by atoms with Crippen molar-refractivity contribution in [3.8, 4) is 0 Å². The standard InChI is InChI=1S/C14H18F3N3O3S/c15-14(16,17)11-18-13(21)10-19-6-8-20(9-7-19)24(22,23)12-4-2-1-3-5-12/h1-5H,6-11H2,(H,18,21). The van der Waals surface area contributed by atoms with Gasteiger partial charge in [-0.15, -0.1) is 0 Å². The highest BCUT2D eigenvalue weighted by molar-refractivity contribution is 7.89. The zero-order chi connectivity index (χ0) is 17.8. The van der Waals surface area contributed by atoms with Crippen LogP contribution in [0.3, 0.4) is 0 Å². The van der Waals surface area contributed by atoms with E-state index in [0.717, 1.165) is 0 Å². The molecule has 6 nitrogen and oxygen atoms in total. The van der Waals surface area contributed by atoms with Crippen LogP contribution < -0.4 is 5.32 Å². The largest absolute Gasteiger partial charge is 0.405 e. The molecule has 0 unspecified atom stereocenters. The Morgan fingerprint density at radius 2 is 1.67 bits per heavy atom. The molecule has 0 bridgehead atoms. The minimum Gasteiger partial charge on any atom is -0.346 e. The quantitative estimate of drug-likeness (QED) is 0.833. The number of alkyl halides is 3. The predicted molar refractivity (Wildman–Crippen MR) is 80.7 cm³/mol. The topological polar surface area (TPSA) is 69.7 Å². The fourth-order valence-corrected chi connectivity index (χ4v) is 3.77. The van der Waals surface area contributed by atoms with Crippen molar-refractivity contribution in [2.24, 2.45) is 0 Å². The monoisotopic (exact) mass is 365 g/mol. The summed E-state index contributed by atoms with van der Waals surface area (Å²) in [5, 5.41) is 1.80. The average molecular weight is 365 g/mol. The van der Waals surface area contributed by atoms with E-state index in [4.69, 9.17) is 0 Å². The molecule has 1 aromatic carbocycles. The van der Waals surface area contributed by atoms with Gasteiger partial charge < -0.3 is 5.32 Å². The number of nitrogens with one attached hydrogen (secondary N) is 1. The van der Waals surface area contributed by atoms with Gasteiger partial charge in [0.2, 0.25) is 15.9 Å². The first-order valence-corrected chi connectivity index (χ1v) is 8.73. The van der Waals surface area contributed by atoms with Crippen molar-refractivity contribution in [3.05, 3.63) is 30.3 Å². The Morgan fingerprint density at radius 1 is 1.08 bits per heavy atom. The van der Waals surface area contributed by atoms with Gasteiger partial charge in [0.15, 0.2) is 0 Å². The number of rotatable bonds is 5. The summed E-state index contributed by atoms with van der Waals surface area (Å²) in [6, 6.07) is 8.00. The van der Waals surface area contributed by atoms with Crippen LogP contribution in [-0.2, 0) is 14.8 Å². The van der Waals surface area contributed by atoms with Gasteiger partial charge in [0, 0.05) is 26.2 Å². The molecule has 10 heteroatoms. The van der Waals surface area contributed by atoms with Gasteiger partial charge in [-0.05, 0) is 12.1 Å². The van der Waals surface area contributed by atoms with Crippen LogP contribution in [0.15, 0.2) is 35.2 Å². The second kappa shape index (κ2) is 7.49. The molecule has 0 radical (unpaired) electrons. The number of nitrogens with zero attached hydrogens (tertiary/aromatic N) is 2. The number of hydrogen-bond donors (Lipinski definition) is 1. The van der Waals surface area contributed by atoms with Gasteiger partial charge in [-0.1, -0.05) is 18.2 Å². The molecule has 0 aromatic heterocycles. The number of hydrogen-bond acceptors (Lipinski definition) is 4. The first-order valence-electron chi connectivity index (χ1n) is 7.29. The Kier molecular flexibility index (Phi) is 5.83. The minimum atomic E-state index is -4.45. The Morgan fingerprint density at radius 3 is 2.21 bits per heavy atom. The molecule has 0 aliphatic carbocycles. The van der Waals surface area contributed by atoms with Crippen LogP contribution in [0.1, 0.15) is 0 Å². The summed E-state index contributed by atoms with van der Waals surface area (Å²) in [6.07, 6.45) is -4.45. The third-order valence-electron chi connectivity index (χ3n) is 3.57. The Bertz CT molecular complexity index is 657. The maximum Gasteiger partial charge on any atom is 0.405 e. The molecule has 1 N–H and O–H groups in total. The van der Waals surface area contributed by atoms with E-state index in [1.165, 1.54) is 16.4 Å². The molecule has 1 aromatic rings. The SMILES string of the molecule is O=C(CN1CCN(S(=O)(=O)c2ccccc2)CC1)NCC(F)(F)F. The lowest BCUT2D eigenvalue weighted by Gasteiger charge is -2.33. The van der Waals surface area contributed by atoms with E-state index >= 15 is 0 Å². The second-order valence-electron chi connectivity index (χ2n) is 5.39. The maximum atomic E-state index is 12.4. The van der Waals surface area contributed by atoms with Gasteiger partial charge in [0.25, 0.3) is 0 Å². The average Bonchev–Trinajstić information content (AvgIpc) is 2.54. The fourth-order valence-electron chi connectivity index (χ4n) is 2.33. The highest BCUT2D eigenvalue weighted by atomic mass is 32.2. The summed E-state index contributed by atoms with van der Waals surface area (Å²) in [4.78, 5) is 13.3. The van der Waals surface area contributed by atoms with Gasteiger partial charge >= 0.3 is 6.18 Å². The zero-order valence-corrected chi connectivity index (χ0v) is 13.6. The molecule has 134 valence electrons. The molecular weight excluding hydrogens is 347 g/mol. The summed E-state index contributed by atoms with van der Waals surface area (Å²) in [5.74, 6) is -0.730. The number of piperazine rings is 1. The first-order chi connectivity index (χ1) is 11.2. The van der Waals surface area contributed by atoms with Crippen molar-refractivity contribution < 1.29 is 26.4 Å². The van der Waals surface area contributed by atoms with E-state index in [9.17, 15) is 26.4 Å². The van der Waals surface area contributed by atoms with Crippen LogP contribution in [0.25, 0.3) is 0 Å². The van der Waals surface area contributed by atoms with Gasteiger partial charge in [0.1, 0.15) is 6.54 Å². The molecule has 0 saturated carbocycles. The summed E-state index contributed by atoms with van der Waals surface area (Å²) in [7, 11) is -3.59. The van der Waals surface area contributed by atoms with E-state index in [-0.39, 0.29) is 37.6 Å². The number of benzene rings is 1. The fraction of sp³-hybridized carbons (Fsp3) is 0.500. The smallest absolute Gasteiger partial charge is 0.346 e. The maximum absolute atomic E-state index is 12.4. The molecule has 0 atom stereocenters. The third kappa shape index (κ3) is 5.18. The molecule has 1 aliphatic rings. The van der Waals surface area contributed by atoms with Crippen molar-refractivity contribution >= 4 is 15.9 Å². The molecular formula is C14H18F3N3O3S. The summed E-state index contributed by atoms with van der Waals surface area (Å²) < 4.78 is 62.3. The molecule has 0 spiro atoms. The Balaban J connectivity index is 1.84. The normalized spacial score (nSPS) is 17.6. The van der Waals surface area contributed by atoms with E-state index in [1.54, 1.807) is 28.4 Å². The number of carbonyl (C=O) groups excluding carboxylic acids is 1. The summed E-state index contributed by atoms with van der Waals surface area (Å²) in [6.45, 7) is -0.617. The van der Waals surface area contributed by atoms with Crippen molar-refractivity contribution in [2.45, 2.75) is 11.1 Å². The van der Waals surface area contributed by atoms with Crippen LogP contribution in [-0.4, -0.2) is 69.0 Å². The van der Waals surface area contributed by atoms with Crippen LogP contribution in [0.2, 0.25) is 0 Å². The molecule has 1 amide bonds. The lowest BCUT2D eigenvalue weighted by atomic mass is 10.3. The molecule has 1 saturated heterocycles. The van der Waals surface area contributed by atoms with Gasteiger partial charge in [-0.3, -0.25) is 9.69 Å². The van der Waals surface area contributed by atoms with Crippen molar-refractivity contribution in [1.29, 1.82) is 0 Å².